The molecule has 0 atom stereocenters. The third-order valence-corrected chi connectivity index (χ3v) is 6.19. The molecule has 1 saturated heterocycles. The number of nitrogens with one attached hydrogen (secondary N) is 2. The number of carbonyl (C=O) groups is 2. The van der Waals surface area contributed by atoms with Gasteiger partial charge in [0.05, 0.1) is 0 Å². The van der Waals surface area contributed by atoms with E-state index >= 15 is 0 Å². The Bertz CT molecular complexity index is 1210. The minimum atomic E-state index is -0.324. The number of piperazine rings is 1. The summed E-state index contributed by atoms with van der Waals surface area (Å²) in [6.07, 6.45) is 0. The van der Waals surface area contributed by atoms with Crippen molar-refractivity contribution in [2.75, 3.05) is 36.4 Å². The second-order valence-electron chi connectivity index (χ2n) is 8.06. The van der Waals surface area contributed by atoms with E-state index in [4.69, 9.17) is 23.8 Å². The van der Waals surface area contributed by atoms with E-state index in [1.807, 2.05) is 60.4 Å². The maximum absolute atomic E-state index is 12.8. The normalized spacial score (nSPS) is 13.4. The molecule has 1 aliphatic rings. The molecule has 0 unspecified atom stereocenters. The number of anilines is 2. The Labute approximate surface area is 209 Å². The van der Waals surface area contributed by atoms with Gasteiger partial charge < -0.3 is 15.1 Å². The van der Waals surface area contributed by atoms with Crippen LogP contribution in [-0.4, -0.2) is 48.0 Å². The van der Waals surface area contributed by atoms with Crippen molar-refractivity contribution < 1.29 is 9.59 Å². The highest BCUT2D eigenvalue weighted by Gasteiger charge is 2.23. The van der Waals surface area contributed by atoms with Crippen molar-refractivity contribution in [3.8, 4) is 0 Å². The number of hydrogen-bond acceptors (Lipinski definition) is 4. The molecule has 174 valence electrons. The summed E-state index contributed by atoms with van der Waals surface area (Å²) >= 11 is 11.2. The van der Waals surface area contributed by atoms with Crippen LogP contribution in [0.1, 0.15) is 26.3 Å². The van der Waals surface area contributed by atoms with Crippen LogP contribution in [0.4, 0.5) is 11.4 Å². The van der Waals surface area contributed by atoms with Crippen molar-refractivity contribution in [3.05, 3.63) is 94.5 Å². The molecule has 2 amide bonds. The predicted molar refractivity (Wildman–Crippen MR) is 141 cm³/mol. The molecule has 3 aromatic rings. The second kappa shape index (κ2) is 10.7. The summed E-state index contributed by atoms with van der Waals surface area (Å²) in [5.41, 5.74) is 4.05. The number of aryl methyl sites for hydroxylation is 1. The molecule has 0 saturated carbocycles. The smallest absolute Gasteiger partial charge is 0.257 e. The average Bonchev–Trinajstić information content (AvgIpc) is 2.84. The van der Waals surface area contributed by atoms with Gasteiger partial charge in [-0.3, -0.25) is 14.9 Å². The molecule has 1 fully saturated rings. The summed E-state index contributed by atoms with van der Waals surface area (Å²) in [4.78, 5) is 29.3. The highest BCUT2D eigenvalue weighted by atomic mass is 35.5. The molecule has 0 bridgehead atoms. The van der Waals surface area contributed by atoms with Crippen LogP contribution in [0.2, 0.25) is 5.02 Å². The first-order chi connectivity index (χ1) is 16.4. The van der Waals surface area contributed by atoms with Crippen molar-refractivity contribution in [3.63, 3.8) is 0 Å². The molecule has 2 N–H and O–H groups in total. The predicted octanol–water partition coefficient (Wildman–Crippen LogP) is 4.74. The largest absolute Gasteiger partial charge is 0.368 e. The molecule has 0 aromatic heterocycles. The van der Waals surface area contributed by atoms with Gasteiger partial charge in [0.15, 0.2) is 5.11 Å². The number of halogens is 1. The lowest BCUT2D eigenvalue weighted by Gasteiger charge is -2.36. The molecule has 1 aliphatic heterocycles. The minimum absolute atomic E-state index is 0.0885. The summed E-state index contributed by atoms with van der Waals surface area (Å²) < 4.78 is 0. The number of hydrogen-bond donors (Lipinski definition) is 2. The molecule has 34 heavy (non-hydrogen) atoms. The standard InChI is InChI=1S/C26H25ClN4O2S/c1-18-5-2-3-8-23(18)25(33)31-15-13-30(14-16-31)22-11-9-21(10-12-22)28-26(34)29-24(32)19-6-4-7-20(27)17-19/h2-12,17H,13-16H2,1H3,(H2,28,29,32,34). The van der Waals surface area contributed by atoms with Gasteiger partial charge in [-0.25, -0.2) is 0 Å². The van der Waals surface area contributed by atoms with Crippen molar-refractivity contribution >= 4 is 52.1 Å². The maximum Gasteiger partial charge on any atom is 0.257 e. The SMILES string of the molecule is Cc1ccccc1C(=O)N1CCN(c2ccc(NC(=S)NC(=O)c3cccc(Cl)c3)cc2)CC1. The van der Waals surface area contributed by atoms with Gasteiger partial charge in [0.2, 0.25) is 0 Å². The van der Waals surface area contributed by atoms with Crippen LogP contribution in [0.25, 0.3) is 0 Å². The average molecular weight is 493 g/mol. The zero-order valence-corrected chi connectivity index (χ0v) is 20.3. The summed E-state index contributed by atoms with van der Waals surface area (Å²) in [5, 5.41) is 6.38. The first-order valence-electron chi connectivity index (χ1n) is 11.0. The third kappa shape index (κ3) is 5.73. The van der Waals surface area contributed by atoms with Crippen molar-refractivity contribution in [2.24, 2.45) is 0 Å². The fourth-order valence-electron chi connectivity index (χ4n) is 3.87. The zero-order valence-electron chi connectivity index (χ0n) is 18.8. The van der Waals surface area contributed by atoms with Gasteiger partial charge in [0.25, 0.3) is 11.8 Å². The van der Waals surface area contributed by atoms with Crippen LogP contribution in [0.15, 0.2) is 72.8 Å². The number of benzene rings is 3. The number of thiocarbonyl (C=S) groups is 1. The van der Waals surface area contributed by atoms with Crippen LogP contribution >= 0.6 is 23.8 Å². The summed E-state index contributed by atoms with van der Waals surface area (Å²) in [6.45, 7) is 4.84. The molecule has 1 heterocycles. The van der Waals surface area contributed by atoms with Gasteiger partial charge >= 0.3 is 0 Å². The van der Waals surface area contributed by atoms with Gasteiger partial charge in [-0.15, -0.1) is 0 Å². The Hall–Kier alpha value is -3.42. The second-order valence-corrected chi connectivity index (χ2v) is 8.90. The molecule has 0 aliphatic carbocycles. The molecule has 4 rings (SSSR count). The summed E-state index contributed by atoms with van der Waals surface area (Å²) in [5.74, 6) is -0.236. The van der Waals surface area contributed by atoms with E-state index in [0.717, 1.165) is 35.6 Å². The third-order valence-electron chi connectivity index (χ3n) is 5.75. The zero-order chi connectivity index (χ0) is 24.1. The first kappa shape index (κ1) is 23.7. The Balaban J connectivity index is 1.29. The monoisotopic (exact) mass is 492 g/mol. The van der Waals surface area contributed by atoms with E-state index in [-0.39, 0.29) is 16.9 Å². The number of carbonyl (C=O) groups excluding carboxylic acids is 2. The molecule has 6 nitrogen and oxygen atoms in total. The molecular weight excluding hydrogens is 468 g/mol. The van der Waals surface area contributed by atoms with Crippen LogP contribution < -0.4 is 15.5 Å². The van der Waals surface area contributed by atoms with E-state index in [0.29, 0.717) is 23.7 Å². The van der Waals surface area contributed by atoms with Gasteiger partial charge in [-0.05, 0) is 73.2 Å². The fourth-order valence-corrected chi connectivity index (χ4v) is 4.27. The highest BCUT2D eigenvalue weighted by molar-refractivity contribution is 7.80. The van der Waals surface area contributed by atoms with E-state index in [9.17, 15) is 9.59 Å². The van der Waals surface area contributed by atoms with Crippen LogP contribution in [0.5, 0.6) is 0 Å². The van der Waals surface area contributed by atoms with Crippen LogP contribution in [0.3, 0.4) is 0 Å². The Morgan fingerprint density at radius 2 is 1.62 bits per heavy atom. The maximum atomic E-state index is 12.8. The molecule has 0 radical (unpaired) electrons. The Kier molecular flexibility index (Phi) is 7.45. The molecule has 3 aromatic carbocycles. The Morgan fingerprint density at radius 1 is 0.912 bits per heavy atom. The van der Waals surface area contributed by atoms with E-state index in [1.54, 1.807) is 24.3 Å². The minimum Gasteiger partial charge on any atom is -0.368 e. The van der Waals surface area contributed by atoms with Crippen molar-refractivity contribution in [1.29, 1.82) is 0 Å². The van der Waals surface area contributed by atoms with Gasteiger partial charge in [0, 0.05) is 53.7 Å². The van der Waals surface area contributed by atoms with Gasteiger partial charge in [-0.1, -0.05) is 35.9 Å². The molecule has 8 heteroatoms. The lowest BCUT2D eigenvalue weighted by atomic mass is 10.1. The lowest BCUT2D eigenvalue weighted by molar-refractivity contribution is 0.0746. The molecular formula is C26H25ClN4O2S. The Morgan fingerprint density at radius 3 is 2.29 bits per heavy atom. The summed E-state index contributed by atoms with van der Waals surface area (Å²) in [7, 11) is 0. The lowest BCUT2D eigenvalue weighted by Crippen LogP contribution is -2.48. The van der Waals surface area contributed by atoms with Crippen molar-refractivity contribution in [2.45, 2.75) is 6.92 Å². The van der Waals surface area contributed by atoms with E-state index in [1.165, 1.54) is 0 Å². The number of rotatable bonds is 4. The first-order valence-corrected chi connectivity index (χ1v) is 11.8. The fraction of sp³-hybridized carbons (Fsp3) is 0.192. The van der Waals surface area contributed by atoms with Gasteiger partial charge in [-0.2, -0.15) is 0 Å². The number of nitrogens with zero attached hydrogens (tertiary/aromatic N) is 2. The summed E-state index contributed by atoms with van der Waals surface area (Å²) in [6, 6.07) is 22.2. The van der Waals surface area contributed by atoms with E-state index in [2.05, 4.69) is 15.5 Å². The topological polar surface area (TPSA) is 64.7 Å². The molecule has 0 spiro atoms. The van der Waals surface area contributed by atoms with Crippen molar-refractivity contribution in [1.82, 2.24) is 10.2 Å². The van der Waals surface area contributed by atoms with Crippen LogP contribution in [-0.2, 0) is 0 Å². The van der Waals surface area contributed by atoms with Crippen LogP contribution in [0, 0.1) is 6.92 Å². The highest BCUT2D eigenvalue weighted by Crippen LogP contribution is 2.21. The quantitative estimate of drug-likeness (QED) is 0.515. The van der Waals surface area contributed by atoms with E-state index < -0.39 is 0 Å². The number of amides is 2. The van der Waals surface area contributed by atoms with Gasteiger partial charge in [0.1, 0.15) is 0 Å².